The van der Waals surface area contributed by atoms with Gasteiger partial charge in [0.1, 0.15) is 0 Å². The number of hydrazine groups is 1. The monoisotopic (exact) mass is 245 g/mol. The van der Waals surface area contributed by atoms with E-state index < -0.39 is 11.8 Å². The standard InChI is InChI=1S/C11H11N5O2/c1-16-7-9(12-15-16)11(18)14-13-10(17)8-5-3-2-4-6-8/h2-7H,1H3,(H,13,17)(H,14,18). The van der Waals surface area contributed by atoms with Crippen LogP contribution in [-0.4, -0.2) is 26.8 Å². The SMILES string of the molecule is Cn1cc(C(=O)NNC(=O)c2ccccc2)nn1. The summed E-state index contributed by atoms with van der Waals surface area (Å²) in [6, 6.07) is 8.56. The molecule has 0 atom stereocenters. The number of aromatic nitrogens is 3. The Balaban J connectivity index is 1.92. The predicted molar refractivity (Wildman–Crippen MR) is 62.4 cm³/mol. The summed E-state index contributed by atoms with van der Waals surface area (Å²) in [5.41, 5.74) is 5.13. The molecule has 0 spiro atoms. The Labute approximate surface area is 103 Å². The molecule has 2 aromatic rings. The molecule has 0 saturated heterocycles. The Bertz CT molecular complexity index is 564. The van der Waals surface area contributed by atoms with Crippen molar-refractivity contribution in [2.24, 2.45) is 7.05 Å². The topological polar surface area (TPSA) is 88.9 Å². The molecule has 1 heterocycles. The lowest BCUT2D eigenvalue weighted by molar-refractivity contribution is 0.0844. The first-order valence-corrected chi connectivity index (χ1v) is 5.19. The van der Waals surface area contributed by atoms with E-state index in [1.807, 2.05) is 0 Å². The van der Waals surface area contributed by atoms with Gasteiger partial charge < -0.3 is 0 Å². The number of carbonyl (C=O) groups excluding carboxylic acids is 2. The van der Waals surface area contributed by atoms with Crippen molar-refractivity contribution in [1.29, 1.82) is 0 Å². The second-order valence-electron chi connectivity index (χ2n) is 3.55. The number of nitrogens with zero attached hydrogens (tertiary/aromatic N) is 3. The molecule has 1 aromatic heterocycles. The molecule has 0 saturated carbocycles. The van der Waals surface area contributed by atoms with Crippen LogP contribution in [0.25, 0.3) is 0 Å². The first kappa shape index (κ1) is 11.8. The maximum Gasteiger partial charge on any atom is 0.291 e. The van der Waals surface area contributed by atoms with E-state index in [1.165, 1.54) is 10.9 Å². The van der Waals surface area contributed by atoms with Crippen LogP contribution in [0.2, 0.25) is 0 Å². The molecule has 92 valence electrons. The number of hydrogen-bond donors (Lipinski definition) is 2. The molecule has 2 amide bonds. The molecule has 2 rings (SSSR count). The predicted octanol–water partition coefficient (Wildman–Crippen LogP) is -0.110. The average molecular weight is 245 g/mol. The summed E-state index contributed by atoms with van der Waals surface area (Å²) in [5, 5.41) is 7.23. The molecule has 0 radical (unpaired) electrons. The molecule has 0 aliphatic rings. The van der Waals surface area contributed by atoms with Crippen LogP contribution in [0, 0.1) is 0 Å². The smallest absolute Gasteiger partial charge is 0.267 e. The number of amides is 2. The van der Waals surface area contributed by atoms with Crippen molar-refractivity contribution in [2.75, 3.05) is 0 Å². The molecule has 18 heavy (non-hydrogen) atoms. The number of aryl methyl sites for hydroxylation is 1. The minimum atomic E-state index is -0.521. The summed E-state index contributed by atoms with van der Waals surface area (Å²) in [6.07, 6.45) is 1.45. The van der Waals surface area contributed by atoms with Crippen LogP contribution < -0.4 is 10.9 Å². The van der Waals surface area contributed by atoms with E-state index in [0.29, 0.717) is 5.56 Å². The molecule has 1 aromatic carbocycles. The third-order valence-corrected chi connectivity index (χ3v) is 2.16. The summed E-state index contributed by atoms with van der Waals surface area (Å²) in [5.74, 6) is -0.916. The molecular weight excluding hydrogens is 234 g/mol. The van der Waals surface area contributed by atoms with E-state index in [1.54, 1.807) is 37.4 Å². The van der Waals surface area contributed by atoms with Gasteiger partial charge in [-0.3, -0.25) is 25.1 Å². The van der Waals surface area contributed by atoms with Crippen LogP contribution >= 0.6 is 0 Å². The van der Waals surface area contributed by atoms with E-state index in [2.05, 4.69) is 21.2 Å². The minimum Gasteiger partial charge on any atom is -0.267 e. The maximum absolute atomic E-state index is 11.6. The maximum atomic E-state index is 11.6. The molecule has 0 aliphatic heterocycles. The lowest BCUT2D eigenvalue weighted by Gasteiger charge is -2.05. The summed E-state index contributed by atoms with van der Waals surface area (Å²) in [6.45, 7) is 0. The van der Waals surface area contributed by atoms with Gasteiger partial charge in [0.05, 0.1) is 6.20 Å². The van der Waals surface area contributed by atoms with Gasteiger partial charge in [-0.05, 0) is 12.1 Å². The van der Waals surface area contributed by atoms with Gasteiger partial charge in [0, 0.05) is 12.6 Å². The van der Waals surface area contributed by atoms with Crippen molar-refractivity contribution in [3.63, 3.8) is 0 Å². The molecule has 0 fully saturated rings. The quantitative estimate of drug-likeness (QED) is 0.722. The summed E-state index contributed by atoms with van der Waals surface area (Å²) in [7, 11) is 1.65. The third-order valence-electron chi connectivity index (χ3n) is 2.16. The molecule has 0 aliphatic carbocycles. The van der Waals surface area contributed by atoms with Crippen LogP contribution in [0.1, 0.15) is 20.8 Å². The lowest BCUT2D eigenvalue weighted by atomic mass is 10.2. The number of nitrogens with one attached hydrogen (secondary N) is 2. The van der Waals surface area contributed by atoms with Gasteiger partial charge in [-0.1, -0.05) is 23.4 Å². The Hall–Kier alpha value is -2.70. The second-order valence-corrected chi connectivity index (χ2v) is 3.55. The fraction of sp³-hybridized carbons (Fsp3) is 0.0909. The Morgan fingerprint density at radius 3 is 2.39 bits per heavy atom. The molecule has 2 N–H and O–H groups in total. The highest BCUT2D eigenvalue weighted by atomic mass is 16.2. The van der Waals surface area contributed by atoms with Crippen molar-refractivity contribution < 1.29 is 9.59 Å². The number of benzene rings is 1. The average Bonchev–Trinajstić information content (AvgIpc) is 2.83. The van der Waals surface area contributed by atoms with E-state index in [0.717, 1.165) is 0 Å². The highest BCUT2D eigenvalue weighted by Crippen LogP contribution is 1.97. The number of rotatable bonds is 2. The summed E-state index contributed by atoms with van der Waals surface area (Å²) in [4.78, 5) is 23.2. The van der Waals surface area contributed by atoms with E-state index in [-0.39, 0.29) is 5.69 Å². The van der Waals surface area contributed by atoms with Crippen LogP contribution in [0.3, 0.4) is 0 Å². The van der Waals surface area contributed by atoms with Crippen LogP contribution in [-0.2, 0) is 7.05 Å². The highest BCUT2D eigenvalue weighted by molar-refractivity contribution is 5.98. The highest BCUT2D eigenvalue weighted by Gasteiger charge is 2.11. The zero-order valence-electron chi connectivity index (χ0n) is 9.62. The van der Waals surface area contributed by atoms with Crippen molar-refractivity contribution in [2.45, 2.75) is 0 Å². The van der Waals surface area contributed by atoms with Gasteiger partial charge in [-0.25, -0.2) is 0 Å². The van der Waals surface area contributed by atoms with E-state index >= 15 is 0 Å². The van der Waals surface area contributed by atoms with Gasteiger partial charge in [-0.15, -0.1) is 5.10 Å². The molecule has 0 bridgehead atoms. The summed E-state index contributed by atoms with van der Waals surface area (Å²) >= 11 is 0. The minimum absolute atomic E-state index is 0.130. The first-order chi connectivity index (χ1) is 8.66. The Morgan fingerprint density at radius 1 is 1.11 bits per heavy atom. The largest absolute Gasteiger partial charge is 0.291 e. The van der Waals surface area contributed by atoms with Gasteiger partial charge in [-0.2, -0.15) is 0 Å². The molecule has 7 nitrogen and oxygen atoms in total. The van der Waals surface area contributed by atoms with Crippen molar-refractivity contribution in [3.8, 4) is 0 Å². The molecular formula is C11H11N5O2. The number of carbonyl (C=O) groups is 2. The van der Waals surface area contributed by atoms with E-state index in [9.17, 15) is 9.59 Å². The fourth-order valence-corrected chi connectivity index (χ4v) is 1.29. The van der Waals surface area contributed by atoms with Crippen LogP contribution in [0.15, 0.2) is 36.5 Å². The fourth-order valence-electron chi connectivity index (χ4n) is 1.29. The summed E-state index contributed by atoms with van der Waals surface area (Å²) < 4.78 is 1.40. The van der Waals surface area contributed by atoms with Crippen molar-refractivity contribution in [3.05, 3.63) is 47.8 Å². The third kappa shape index (κ3) is 2.70. The second kappa shape index (κ2) is 5.09. The zero-order chi connectivity index (χ0) is 13.0. The Morgan fingerprint density at radius 2 is 1.78 bits per heavy atom. The van der Waals surface area contributed by atoms with Gasteiger partial charge in [0.25, 0.3) is 11.8 Å². The van der Waals surface area contributed by atoms with Crippen molar-refractivity contribution >= 4 is 11.8 Å². The lowest BCUT2D eigenvalue weighted by Crippen LogP contribution is -2.41. The number of hydrogen-bond acceptors (Lipinski definition) is 4. The van der Waals surface area contributed by atoms with Crippen molar-refractivity contribution in [1.82, 2.24) is 25.8 Å². The normalized spacial score (nSPS) is 9.83. The van der Waals surface area contributed by atoms with Gasteiger partial charge >= 0.3 is 0 Å². The van der Waals surface area contributed by atoms with Gasteiger partial charge in [0.2, 0.25) is 0 Å². The molecule has 7 heteroatoms. The van der Waals surface area contributed by atoms with Crippen LogP contribution in [0.5, 0.6) is 0 Å². The molecule has 0 unspecified atom stereocenters. The van der Waals surface area contributed by atoms with Crippen LogP contribution in [0.4, 0.5) is 0 Å². The Kier molecular flexibility index (Phi) is 3.33. The zero-order valence-corrected chi connectivity index (χ0v) is 9.62. The van der Waals surface area contributed by atoms with Gasteiger partial charge in [0.15, 0.2) is 5.69 Å². The van der Waals surface area contributed by atoms with E-state index in [4.69, 9.17) is 0 Å². The first-order valence-electron chi connectivity index (χ1n) is 5.19.